The number of hydrogen-bond acceptors (Lipinski definition) is 9. The van der Waals surface area contributed by atoms with Crippen LogP contribution >= 0.6 is 23.2 Å². The molecule has 194 valence electrons. The zero-order valence-corrected chi connectivity index (χ0v) is 20.1. The molecule has 1 fully saturated rings. The molecular weight excluding hydrogens is 540 g/mol. The van der Waals surface area contributed by atoms with E-state index in [1.807, 2.05) is 0 Å². The topological polar surface area (TPSA) is 138 Å². The molecule has 16 heteroatoms. The van der Waals surface area contributed by atoms with Crippen LogP contribution in [0.4, 0.5) is 13.2 Å². The number of benzene rings is 1. The molecular formula is C21H17Cl2F3N8O3. The molecule has 2 aliphatic rings. The van der Waals surface area contributed by atoms with Crippen LogP contribution in [0.25, 0.3) is 5.82 Å². The fraction of sp³-hybridized carbons (Fsp3) is 0.286. The second-order valence-corrected chi connectivity index (χ2v) is 8.94. The van der Waals surface area contributed by atoms with Crippen molar-refractivity contribution in [2.45, 2.75) is 31.3 Å². The summed E-state index contributed by atoms with van der Waals surface area (Å²) in [4.78, 5) is 21.5. The molecule has 0 aliphatic carbocycles. The van der Waals surface area contributed by atoms with Crippen LogP contribution in [-0.2, 0) is 11.3 Å². The highest BCUT2D eigenvalue weighted by Gasteiger charge is 2.55. The molecule has 37 heavy (non-hydrogen) atoms. The predicted octanol–water partition coefficient (Wildman–Crippen LogP) is 2.15. The Hall–Kier alpha value is -3.46. The highest BCUT2D eigenvalue weighted by atomic mass is 35.5. The summed E-state index contributed by atoms with van der Waals surface area (Å²) in [6.45, 7) is -0.886. The molecule has 2 aromatic heterocycles. The molecule has 5 rings (SSSR count). The number of aliphatic hydroxyl groups is 1. The summed E-state index contributed by atoms with van der Waals surface area (Å²) in [6.07, 6.45) is -7.59. The average molecular weight is 557 g/mol. The van der Waals surface area contributed by atoms with Crippen molar-refractivity contribution in [3.63, 3.8) is 0 Å². The number of nitrogens with two attached hydrogens (primary N) is 1. The Morgan fingerprint density at radius 2 is 1.92 bits per heavy atom. The second-order valence-electron chi connectivity index (χ2n) is 8.09. The van der Waals surface area contributed by atoms with Crippen LogP contribution < -0.4 is 5.73 Å². The van der Waals surface area contributed by atoms with Crippen LogP contribution in [0.15, 0.2) is 47.7 Å². The molecule has 3 aromatic rings. The van der Waals surface area contributed by atoms with E-state index in [0.717, 1.165) is 4.68 Å². The van der Waals surface area contributed by atoms with Gasteiger partial charge in [-0.3, -0.25) is 9.80 Å². The van der Waals surface area contributed by atoms with Crippen LogP contribution in [0.2, 0.25) is 10.0 Å². The van der Waals surface area contributed by atoms with Gasteiger partial charge in [-0.1, -0.05) is 23.2 Å². The highest BCUT2D eigenvalue weighted by Crippen LogP contribution is 2.37. The van der Waals surface area contributed by atoms with E-state index in [1.54, 1.807) is 36.4 Å². The first kappa shape index (κ1) is 25.2. The number of hydrogen-bond donors (Lipinski definition) is 2. The van der Waals surface area contributed by atoms with Gasteiger partial charge in [-0.2, -0.15) is 23.0 Å². The Labute approximate surface area is 216 Å². The third-order valence-corrected chi connectivity index (χ3v) is 6.05. The summed E-state index contributed by atoms with van der Waals surface area (Å²) in [5.41, 5.74) is 5.90. The van der Waals surface area contributed by atoms with Crippen LogP contribution in [-0.4, -0.2) is 77.8 Å². The molecule has 1 aromatic carbocycles. The number of amidine groups is 1. The number of alkyl halides is 3. The van der Waals surface area contributed by atoms with Crippen molar-refractivity contribution in [1.82, 2.24) is 29.7 Å². The maximum absolute atomic E-state index is 13.1. The van der Waals surface area contributed by atoms with Crippen molar-refractivity contribution in [1.29, 1.82) is 0 Å². The van der Waals surface area contributed by atoms with Gasteiger partial charge in [0.05, 0.1) is 11.6 Å². The number of nitrogens with zero attached hydrogens (tertiary/aromatic N) is 7. The van der Waals surface area contributed by atoms with Crippen LogP contribution in [0.3, 0.4) is 0 Å². The minimum Gasteiger partial charge on any atom is -0.382 e. The lowest BCUT2D eigenvalue weighted by atomic mass is 10.1. The third-order valence-electron chi connectivity index (χ3n) is 5.51. The Morgan fingerprint density at radius 3 is 2.57 bits per heavy atom. The van der Waals surface area contributed by atoms with E-state index < -0.39 is 37.2 Å². The summed E-state index contributed by atoms with van der Waals surface area (Å²) in [6, 6.07) is 9.42. The number of hydrazone groups is 1. The summed E-state index contributed by atoms with van der Waals surface area (Å²) in [5.74, 6) is -0.752. The minimum atomic E-state index is -4.83. The fourth-order valence-corrected chi connectivity index (χ4v) is 4.06. The van der Waals surface area contributed by atoms with Crippen molar-refractivity contribution in [3.05, 3.63) is 69.9 Å². The molecule has 0 saturated carbocycles. The lowest BCUT2D eigenvalue weighted by molar-refractivity contribution is -0.206. The van der Waals surface area contributed by atoms with E-state index in [1.165, 1.54) is 16.1 Å². The van der Waals surface area contributed by atoms with Gasteiger partial charge >= 0.3 is 6.18 Å². The number of aliphatic hydroxyl groups excluding tert-OH is 1. The molecule has 2 aliphatic heterocycles. The van der Waals surface area contributed by atoms with E-state index in [2.05, 4.69) is 20.2 Å². The average Bonchev–Trinajstić information content (AvgIpc) is 3.54. The lowest BCUT2D eigenvalue weighted by Crippen LogP contribution is -2.50. The largest absolute Gasteiger partial charge is 0.416 e. The Kier molecular flexibility index (Phi) is 6.43. The maximum Gasteiger partial charge on any atom is 0.416 e. The zero-order valence-electron chi connectivity index (χ0n) is 18.5. The minimum absolute atomic E-state index is 0.0916. The van der Waals surface area contributed by atoms with E-state index in [4.69, 9.17) is 33.7 Å². The Morgan fingerprint density at radius 1 is 1.19 bits per heavy atom. The summed E-state index contributed by atoms with van der Waals surface area (Å²) in [7, 11) is 0. The molecule has 1 amide bonds. The predicted molar refractivity (Wildman–Crippen MR) is 124 cm³/mol. The van der Waals surface area contributed by atoms with Crippen molar-refractivity contribution in [3.8, 4) is 5.82 Å². The molecule has 11 nitrogen and oxygen atoms in total. The third kappa shape index (κ3) is 5.05. The van der Waals surface area contributed by atoms with Crippen molar-refractivity contribution in [2.24, 2.45) is 10.8 Å². The van der Waals surface area contributed by atoms with Crippen LogP contribution in [0.5, 0.6) is 0 Å². The summed E-state index contributed by atoms with van der Waals surface area (Å²) in [5, 5.41) is 20.5. The molecule has 4 heterocycles. The summed E-state index contributed by atoms with van der Waals surface area (Å²) >= 11 is 12.1. The van der Waals surface area contributed by atoms with E-state index >= 15 is 0 Å². The lowest BCUT2D eigenvalue weighted by Gasteiger charge is -2.32. The first-order valence-electron chi connectivity index (χ1n) is 10.7. The standard InChI is InChI=1S/C21H17Cl2F3N8O3/c22-11-5-3-10(4-6-11)16-31-33(20-19(37-20)32(16)8-13(35)21(24,25)26)9-14-29-18(15(27)36)34(30-14)17-12(23)2-1-7-28-17/h1-7,13,19-20,35H,8-9H2,(H2,27,36)/t13-,19?,20?/m0/s1. The smallest absolute Gasteiger partial charge is 0.382 e. The highest BCUT2D eigenvalue weighted by molar-refractivity contribution is 6.32. The molecule has 3 N–H and O–H groups in total. The molecule has 0 spiro atoms. The SMILES string of the molecule is NC(=O)c1nc(CN2N=C(c3ccc(Cl)cc3)N(C[C@H](O)C(F)(F)F)C3OC32)nn1-c1ncccc1Cl. The number of primary amides is 1. The first-order valence-corrected chi connectivity index (χ1v) is 11.4. The number of β-amino-alcohol motifs (C(OH)–C–C–N with tert-alkyl or cyclic N) is 1. The first-order chi connectivity index (χ1) is 17.5. The van der Waals surface area contributed by atoms with Crippen LogP contribution in [0.1, 0.15) is 22.0 Å². The number of carbonyl (C=O) groups excluding carboxylic acids is 1. The number of aromatic nitrogens is 4. The number of ether oxygens (including phenoxy) is 1. The van der Waals surface area contributed by atoms with Crippen LogP contribution in [0, 0.1) is 0 Å². The van der Waals surface area contributed by atoms with Gasteiger partial charge in [0.15, 0.2) is 36.0 Å². The van der Waals surface area contributed by atoms with Gasteiger partial charge in [0.1, 0.15) is 6.54 Å². The second kappa shape index (κ2) is 9.45. The van der Waals surface area contributed by atoms with Gasteiger partial charge in [-0.15, -0.1) is 5.10 Å². The van der Waals surface area contributed by atoms with E-state index in [-0.39, 0.29) is 34.9 Å². The number of amides is 1. The number of halogens is 5. The van der Waals surface area contributed by atoms with Gasteiger partial charge < -0.3 is 20.5 Å². The van der Waals surface area contributed by atoms with E-state index in [9.17, 15) is 23.1 Å². The zero-order chi connectivity index (χ0) is 26.5. The monoisotopic (exact) mass is 556 g/mol. The van der Waals surface area contributed by atoms with Gasteiger partial charge in [-0.25, -0.2) is 9.97 Å². The number of epoxide rings is 1. The maximum atomic E-state index is 13.1. The van der Waals surface area contributed by atoms with Crippen molar-refractivity contribution >= 4 is 34.9 Å². The van der Waals surface area contributed by atoms with E-state index in [0.29, 0.717) is 10.6 Å². The molecule has 0 radical (unpaired) electrons. The molecule has 0 bridgehead atoms. The Bertz CT molecular complexity index is 1370. The van der Waals surface area contributed by atoms with Crippen molar-refractivity contribution in [2.75, 3.05) is 6.54 Å². The van der Waals surface area contributed by atoms with Gasteiger partial charge in [-0.05, 0) is 36.4 Å². The normalized spacial score (nSPS) is 19.9. The summed E-state index contributed by atoms with van der Waals surface area (Å²) < 4.78 is 46.0. The molecule has 2 unspecified atom stereocenters. The van der Waals surface area contributed by atoms with Gasteiger partial charge in [0.25, 0.3) is 5.91 Å². The van der Waals surface area contributed by atoms with Crippen molar-refractivity contribution < 1.29 is 27.8 Å². The Balaban J connectivity index is 1.49. The molecule has 1 saturated heterocycles. The number of fused-ring (bicyclic) bond motifs is 1. The number of carbonyl (C=O) groups is 1. The quantitative estimate of drug-likeness (QED) is 0.422. The fourth-order valence-electron chi connectivity index (χ4n) is 3.73. The number of pyridine rings is 1. The molecule has 3 atom stereocenters. The van der Waals surface area contributed by atoms with Gasteiger partial charge in [0, 0.05) is 16.8 Å². The number of rotatable bonds is 7. The van der Waals surface area contributed by atoms with Gasteiger partial charge in [0.2, 0.25) is 5.82 Å².